The van der Waals surface area contributed by atoms with Crippen LogP contribution in [0.4, 0.5) is 11.4 Å². The third-order valence-electron chi connectivity index (χ3n) is 6.64. The Balaban J connectivity index is 1.85. The molecule has 0 aliphatic carbocycles. The van der Waals surface area contributed by atoms with Crippen molar-refractivity contribution in [3.05, 3.63) is 73.9 Å². The molecule has 0 radical (unpaired) electrons. The van der Waals surface area contributed by atoms with Gasteiger partial charge in [-0.1, -0.05) is 25.1 Å². The molecule has 4 heterocycles. The third-order valence-corrected chi connectivity index (χ3v) is 6.64. The Morgan fingerprint density at radius 3 is 2.48 bits per heavy atom. The van der Waals surface area contributed by atoms with Crippen molar-refractivity contribution in [2.45, 2.75) is 24.7 Å². The first-order chi connectivity index (χ1) is 12.1. The summed E-state index contributed by atoms with van der Waals surface area (Å²) in [7, 11) is 2.16. The zero-order valence-electron chi connectivity index (χ0n) is 14.8. The Morgan fingerprint density at radius 2 is 1.76 bits per heavy atom. The monoisotopic (exact) mass is 332 g/mol. The molecule has 0 aromatic heterocycles. The molecule has 4 aliphatic heterocycles. The van der Waals surface area contributed by atoms with Crippen LogP contribution in [-0.2, 0) is 5.41 Å². The van der Waals surface area contributed by atoms with Gasteiger partial charge in [0, 0.05) is 66.0 Å². The van der Waals surface area contributed by atoms with E-state index in [1.54, 1.807) is 0 Å². The molecule has 4 aliphatic rings. The van der Waals surface area contributed by atoms with Gasteiger partial charge in [-0.25, -0.2) is 0 Å². The summed E-state index contributed by atoms with van der Waals surface area (Å²) in [5.41, 5.74) is 3.93. The van der Waals surface area contributed by atoms with Crippen molar-refractivity contribution in [3.8, 4) is 0 Å². The van der Waals surface area contributed by atoms with Crippen LogP contribution in [0.15, 0.2) is 68.3 Å². The predicted molar refractivity (Wildman–Crippen MR) is 103 cm³/mol. The number of anilines is 2. The fourth-order valence-corrected chi connectivity index (χ4v) is 5.54. The maximum absolute atomic E-state index is 4.24. The van der Waals surface area contributed by atoms with Crippen molar-refractivity contribution in [2.75, 3.05) is 16.8 Å². The maximum Gasteiger partial charge on any atom is 0.112 e. The molecule has 0 saturated heterocycles. The van der Waals surface area contributed by atoms with Crippen LogP contribution in [0, 0.1) is 11.8 Å². The zero-order chi connectivity index (χ0) is 17.3. The topological polar surface area (TPSA) is 21.8 Å². The summed E-state index contributed by atoms with van der Waals surface area (Å²) in [5.74, 6) is 0.559. The summed E-state index contributed by atoms with van der Waals surface area (Å²) in [4.78, 5) is 7.07. The van der Waals surface area contributed by atoms with E-state index >= 15 is 0 Å². The van der Waals surface area contributed by atoms with E-state index in [1.807, 2.05) is 0 Å². The Hall–Kier alpha value is -2.62. The minimum absolute atomic E-state index is 0.0724. The Kier molecular flexibility index (Phi) is 2.77. The Morgan fingerprint density at radius 1 is 1.04 bits per heavy atom. The number of nitrogens with zero attached hydrogens (tertiary/aromatic N) is 3. The number of hydrogen-bond donors (Lipinski definition) is 1. The average Bonchev–Trinajstić information content (AvgIpc) is 3.23. The molecule has 5 unspecified atom stereocenters. The van der Waals surface area contributed by atoms with Crippen LogP contribution in [0.5, 0.6) is 0 Å². The van der Waals surface area contributed by atoms with Crippen LogP contribution in [0.3, 0.4) is 0 Å². The molecule has 0 spiro atoms. The summed E-state index contributed by atoms with van der Waals surface area (Å²) < 4.78 is 0. The molecule has 128 valence electrons. The van der Waals surface area contributed by atoms with Crippen LogP contribution >= 0.6 is 0 Å². The van der Waals surface area contributed by atoms with Crippen LogP contribution in [0.1, 0.15) is 12.5 Å². The first kappa shape index (κ1) is 14.7. The van der Waals surface area contributed by atoms with Gasteiger partial charge in [-0.2, -0.15) is 0 Å². The molecule has 5 rings (SSSR count). The van der Waals surface area contributed by atoms with E-state index in [0.29, 0.717) is 0 Å². The first-order valence-electron chi connectivity index (χ1n) is 8.91. The van der Waals surface area contributed by atoms with Crippen LogP contribution < -0.4 is 15.1 Å². The molecule has 4 heteroatoms. The first-order valence-corrected chi connectivity index (χ1v) is 8.91. The molecule has 4 nitrogen and oxygen atoms in total. The maximum atomic E-state index is 4.24. The molecule has 5 atom stereocenters. The number of hydrogen-bond acceptors (Lipinski definition) is 4. The zero-order valence-corrected chi connectivity index (χ0v) is 14.8. The highest BCUT2D eigenvalue weighted by Gasteiger charge is 2.58. The highest BCUT2D eigenvalue weighted by molar-refractivity contribution is 5.78. The van der Waals surface area contributed by atoms with E-state index in [-0.39, 0.29) is 29.6 Å². The summed E-state index contributed by atoms with van der Waals surface area (Å²) in [6.45, 7) is 10.9. The van der Waals surface area contributed by atoms with Crippen LogP contribution in [-0.4, -0.2) is 24.3 Å². The summed E-state index contributed by atoms with van der Waals surface area (Å²) in [5, 5.41) is 3.55. The summed E-state index contributed by atoms with van der Waals surface area (Å²) in [6, 6.07) is 6.66. The van der Waals surface area contributed by atoms with Crippen molar-refractivity contribution < 1.29 is 0 Å². The second-order valence-electron chi connectivity index (χ2n) is 7.60. The Bertz CT molecular complexity index is 825. The smallest absolute Gasteiger partial charge is 0.112 e. The molecular formula is C21H24N4. The minimum atomic E-state index is -0.0724. The van der Waals surface area contributed by atoms with Crippen molar-refractivity contribution in [1.29, 1.82) is 0 Å². The highest BCUT2D eigenvalue weighted by atomic mass is 15.4. The molecular weight excluding hydrogens is 308 g/mol. The van der Waals surface area contributed by atoms with Gasteiger partial charge in [0.05, 0.1) is 0 Å². The van der Waals surface area contributed by atoms with Gasteiger partial charge in [0.15, 0.2) is 0 Å². The van der Waals surface area contributed by atoms with E-state index in [2.05, 4.69) is 102 Å². The highest BCUT2D eigenvalue weighted by Crippen LogP contribution is 2.59. The van der Waals surface area contributed by atoms with Crippen molar-refractivity contribution >= 4 is 11.4 Å². The van der Waals surface area contributed by atoms with E-state index < -0.39 is 0 Å². The number of benzene rings is 1. The van der Waals surface area contributed by atoms with Crippen molar-refractivity contribution in [1.82, 2.24) is 10.2 Å². The SMILES string of the molecule is C=CC1C2NC=CN2c2cccc3c2C1(C)C(C=C)C1N(C)C=CN31. The number of nitrogens with one attached hydrogen (secondary N) is 1. The molecule has 1 aromatic rings. The Labute approximate surface area is 149 Å². The molecule has 0 amide bonds. The summed E-state index contributed by atoms with van der Waals surface area (Å²) >= 11 is 0. The lowest BCUT2D eigenvalue weighted by molar-refractivity contribution is 0.133. The lowest BCUT2D eigenvalue weighted by atomic mass is 9.57. The van der Waals surface area contributed by atoms with Gasteiger partial charge < -0.3 is 20.0 Å². The standard InChI is InChI=1S/C21H24N4/c1-5-14-19-22-10-11-24(19)16-8-7-9-17-18(16)21(14,3)15(6-2)20-23(4)12-13-25(17)20/h5-15,19-20,22H,1-2H2,3-4H3. The van der Waals surface area contributed by atoms with Gasteiger partial charge >= 0.3 is 0 Å². The van der Waals surface area contributed by atoms with Gasteiger partial charge in [0.25, 0.3) is 0 Å². The molecule has 1 N–H and O–H groups in total. The van der Waals surface area contributed by atoms with E-state index in [9.17, 15) is 0 Å². The van der Waals surface area contributed by atoms with Crippen LogP contribution in [0.25, 0.3) is 0 Å². The van der Waals surface area contributed by atoms with Crippen molar-refractivity contribution in [3.63, 3.8) is 0 Å². The van der Waals surface area contributed by atoms with E-state index in [4.69, 9.17) is 0 Å². The number of fused-ring (bicyclic) bond motifs is 4. The second kappa shape index (κ2) is 4.72. The lowest BCUT2D eigenvalue weighted by Crippen LogP contribution is -2.63. The third kappa shape index (κ3) is 1.53. The minimum Gasteiger partial charge on any atom is -0.369 e. The van der Waals surface area contributed by atoms with Gasteiger partial charge in [-0.3, -0.25) is 0 Å². The van der Waals surface area contributed by atoms with Gasteiger partial charge in [-0.05, 0) is 12.1 Å². The van der Waals surface area contributed by atoms with Crippen LogP contribution in [0.2, 0.25) is 0 Å². The fourth-order valence-electron chi connectivity index (χ4n) is 5.54. The molecule has 0 bridgehead atoms. The fraction of sp³-hybridized carbons (Fsp3) is 0.333. The molecule has 25 heavy (non-hydrogen) atoms. The van der Waals surface area contributed by atoms with Crippen molar-refractivity contribution in [2.24, 2.45) is 11.8 Å². The van der Waals surface area contributed by atoms with Gasteiger partial charge in [-0.15, -0.1) is 13.2 Å². The predicted octanol–water partition coefficient (Wildman–Crippen LogP) is 3.33. The number of rotatable bonds is 2. The van der Waals surface area contributed by atoms with E-state index in [1.165, 1.54) is 16.9 Å². The lowest BCUT2D eigenvalue weighted by Gasteiger charge is -2.58. The van der Waals surface area contributed by atoms with E-state index in [0.717, 1.165) is 0 Å². The molecule has 0 saturated carbocycles. The molecule has 1 aromatic carbocycles. The quantitative estimate of drug-likeness (QED) is 0.839. The van der Waals surface area contributed by atoms with Gasteiger partial charge in [0.2, 0.25) is 0 Å². The average molecular weight is 332 g/mol. The largest absolute Gasteiger partial charge is 0.369 e. The molecule has 0 fully saturated rings. The second-order valence-corrected chi connectivity index (χ2v) is 7.60. The summed E-state index contributed by atoms with van der Waals surface area (Å²) in [6.07, 6.45) is 13.3. The van der Waals surface area contributed by atoms with Gasteiger partial charge in [0.1, 0.15) is 12.3 Å². The normalized spacial score (nSPS) is 36.6.